The minimum Gasteiger partial charge on any atom is -0.435 e. The molecule has 1 aliphatic rings. The van der Waals surface area contributed by atoms with Crippen LogP contribution in [0.3, 0.4) is 0 Å². The van der Waals surface area contributed by atoms with Crippen LogP contribution in [0.25, 0.3) is 0 Å². The molecular weight excluding hydrogens is 218 g/mol. The van der Waals surface area contributed by atoms with E-state index < -0.39 is 11.8 Å². The number of hydrogen-bond donors (Lipinski definition) is 1. The fraction of sp³-hybridized carbons (Fsp3) is 0.600. The van der Waals surface area contributed by atoms with E-state index in [4.69, 9.17) is 10.2 Å². The molecule has 1 aliphatic carbocycles. The second-order valence-electron chi connectivity index (χ2n) is 4.06. The summed E-state index contributed by atoms with van der Waals surface area (Å²) < 4.78 is 30.9. The molecule has 0 aromatic carbocycles. The molecule has 1 aromatic rings. The van der Waals surface area contributed by atoms with Gasteiger partial charge in [-0.15, -0.1) is 0 Å². The fourth-order valence-corrected chi connectivity index (χ4v) is 1.88. The Morgan fingerprint density at radius 1 is 1.50 bits per heavy atom. The first-order chi connectivity index (χ1) is 7.48. The highest BCUT2D eigenvalue weighted by Crippen LogP contribution is 2.40. The number of amides is 1. The van der Waals surface area contributed by atoms with E-state index in [9.17, 15) is 13.6 Å². The molecule has 88 valence electrons. The van der Waals surface area contributed by atoms with Gasteiger partial charge in [-0.1, -0.05) is 0 Å². The first kappa shape index (κ1) is 11.0. The monoisotopic (exact) mass is 230 g/mol. The lowest BCUT2D eigenvalue weighted by Gasteiger charge is -2.26. The van der Waals surface area contributed by atoms with Crippen LogP contribution in [0.4, 0.5) is 8.78 Å². The summed E-state index contributed by atoms with van der Waals surface area (Å²) >= 11 is 0. The summed E-state index contributed by atoms with van der Waals surface area (Å²) in [4.78, 5) is 14.7. The number of nitrogens with zero attached hydrogens (tertiary/aromatic N) is 1. The van der Waals surface area contributed by atoms with E-state index in [1.54, 1.807) is 0 Å². The molecule has 1 heterocycles. The second kappa shape index (κ2) is 3.84. The van der Waals surface area contributed by atoms with E-state index in [2.05, 4.69) is 4.98 Å². The highest BCUT2D eigenvalue weighted by Gasteiger charge is 2.37. The first-order valence-corrected chi connectivity index (χ1v) is 5.11. The molecule has 6 heteroatoms. The SMILES string of the molecule is NC(=O)c1cnc(C2CCC(F)(F)CC2)o1. The Labute approximate surface area is 90.8 Å². The molecule has 1 fully saturated rings. The third kappa shape index (κ3) is 2.20. The maximum atomic E-state index is 12.9. The van der Waals surface area contributed by atoms with Gasteiger partial charge in [-0.2, -0.15) is 0 Å². The number of aromatic nitrogens is 1. The molecule has 2 N–H and O–H groups in total. The van der Waals surface area contributed by atoms with Crippen LogP contribution >= 0.6 is 0 Å². The normalized spacial score (nSPS) is 20.9. The van der Waals surface area contributed by atoms with E-state index in [0.717, 1.165) is 0 Å². The molecule has 0 radical (unpaired) electrons. The molecule has 0 unspecified atom stereocenters. The zero-order valence-electron chi connectivity index (χ0n) is 8.58. The summed E-state index contributed by atoms with van der Waals surface area (Å²) in [6.07, 6.45) is 1.57. The zero-order valence-corrected chi connectivity index (χ0v) is 8.58. The number of rotatable bonds is 2. The van der Waals surface area contributed by atoms with Crippen LogP contribution in [0.15, 0.2) is 10.6 Å². The van der Waals surface area contributed by atoms with Crippen LogP contribution in [-0.2, 0) is 0 Å². The molecule has 2 rings (SSSR count). The molecule has 1 saturated carbocycles. The third-order valence-electron chi connectivity index (χ3n) is 2.83. The smallest absolute Gasteiger partial charge is 0.286 e. The van der Waals surface area contributed by atoms with Crippen LogP contribution in [0.5, 0.6) is 0 Å². The van der Waals surface area contributed by atoms with Crippen molar-refractivity contribution in [2.45, 2.75) is 37.5 Å². The Kier molecular flexibility index (Phi) is 2.65. The van der Waals surface area contributed by atoms with Crippen molar-refractivity contribution in [3.8, 4) is 0 Å². The second-order valence-corrected chi connectivity index (χ2v) is 4.06. The molecule has 4 nitrogen and oxygen atoms in total. The molecule has 0 spiro atoms. The summed E-state index contributed by atoms with van der Waals surface area (Å²) in [7, 11) is 0. The van der Waals surface area contributed by atoms with Gasteiger partial charge in [-0.05, 0) is 12.8 Å². The average Bonchev–Trinajstić information content (AvgIpc) is 2.66. The van der Waals surface area contributed by atoms with Gasteiger partial charge in [-0.25, -0.2) is 13.8 Å². The van der Waals surface area contributed by atoms with Crippen LogP contribution in [-0.4, -0.2) is 16.8 Å². The summed E-state index contributed by atoms with van der Waals surface area (Å²) in [5, 5.41) is 0. The van der Waals surface area contributed by atoms with Gasteiger partial charge in [0, 0.05) is 18.8 Å². The van der Waals surface area contributed by atoms with Crippen molar-refractivity contribution in [2.75, 3.05) is 0 Å². The summed E-state index contributed by atoms with van der Waals surface area (Å²) in [6.45, 7) is 0. The maximum absolute atomic E-state index is 12.9. The largest absolute Gasteiger partial charge is 0.435 e. The minimum atomic E-state index is -2.57. The predicted molar refractivity (Wildman–Crippen MR) is 51.2 cm³/mol. The Morgan fingerprint density at radius 3 is 2.62 bits per heavy atom. The minimum absolute atomic E-state index is 0.0210. The van der Waals surface area contributed by atoms with Crippen molar-refractivity contribution in [1.29, 1.82) is 0 Å². The van der Waals surface area contributed by atoms with E-state index in [-0.39, 0.29) is 24.5 Å². The van der Waals surface area contributed by atoms with Gasteiger partial charge in [0.15, 0.2) is 5.89 Å². The van der Waals surface area contributed by atoms with Crippen molar-refractivity contribution in [3.63, 3.8) is 0 Å². The van der Waals surface area contributed by atoms with Crippen molar-refractivity contribution in [3.05, 3.63) is 17.8 Å². The average molecular weight is 230 g/mol. The lowest BCUT2D eigenvalue weighted by atomic mass is 9.87. The number of nitrogens with two attached hydrogens (primary N) is 1. The number of carbonyl (C=O) groups is 1. The van der Waals surface area contributed by atoms with E-state index in [0.29, 0.717) is 18.7 Å². The number of oxazole rings is 1. The van der Waals surface area contributed by atoms with Gasteiger partial charge in [0.2, 0.25) is 11.7 Å². The Morgan fingerprint density at radius 2 is 2.12 bits per heavy atom. The summed E-state index contributed by atoms with van der Waals surface area (Å²) in [5.41, 5.74) is 5.01. The number of halogens is 2. The Hall–Kier alpha value is -1.46. The quantitative estimate of drug-likeness (QED) is 0.845. The van der Waals surface area contributed by atoms with Crippen LogP contribution in [0.2, 0.25) is 0 Å². The molecule has 1 aromatic heterocycles. The highest BCUT2D eigenvalue weighted by molar-refractivity contribution is 5.89. The molecular formula is C10H12F2N2O2. The van der Waals surface area contributed by atoms with Gasteiger partial charge < -0.3 is 10.2 Å². The van der Waals surface area contributed by atoms with Gasteiger partial charge in [0.05, 0.1) is 6.20 Å². The predicted octanol–water partition coefficient (Wildman–Crippen LogP) is 2.07. The molecule has 0 aliphatic heterocycles. The molecule has 0 atom stereocenters. The molecule has 0 saturated heterocycles. The van der Waals surface area contributed by atoms with Gasteiger partial charge in [0.1, 0.15) is 0 Å². The molecule has 1 amide bonds. The van der Waals surface area contributed by atoms with Crippen LogP contribution in [0, 0.1) is 0 Å². The van der Waals surface area contributed by atoms with Gasteiger partial charge in [0.25, 0.3) is 5.91 Å². The highest BCUT2D eigenvalue weighted by atomic mass is 19.3. The number of hydrogen-bond acceptors (Lipinski definition) is 3. The van der Waals surface area contributed by atoms with Gasteiger partial charge >= 0.3 is 0 Å². The Bertz CT molecular complexity index is 393. The van der Waals surface area contributed by atoms with Crippen LogP contribution < -0.4 is 5.73 Å². The number of primary amides is 1. The van der Waals surface area contributed by atoms with Crippen LogP contribution in [0.1, 0.15) is 48.0 Å². The fourth-order valence-electron chi connectivity index (χ4n) is 1.88. The van der Waals surface area contributed by atoms with E-state index >= 15 is 0 Å². The topological polar surface area (TPSA) is 69.1 Å². The molecule has 16 heavy (non-hydrogen) atoms. The zero-order chi connectivity index (χ0) is 11.8. The third-order valence-corrected chi connectivity index (χ3v) is 2.83. The number of carbonyl (C=O) groups excluding carboxylic acids is 1. The summed E-state index contributed by atoms with van der Waals surface area (Å²) in [6, 6.07) is 0. The van der Waals surface area contributed by atoms with Crippen molar-refractivity contribution in [1.82, 2.24) is 4.98 Å². The standard InChI is InChI=1S/C10H12F2N2O2/c11-10(12)3-1-6(2-4-10)9-14-5-7(16-9)8(13)15/h5-6H,1-4H2,(H2,13,15). The van der Waals surface area contributed by atoms with Gasteiger partial charge in [-0.3, -0.25) is 4.79 Å². The van der Waals surface area contributed by atoms with Crippen molar-refractivity contribution >= 4 is 5.91 Å². The lowest BCUT2D eigenvalue weighted by Crippen LogP contribution is -2.23. The van der Waals surface area contributed by atoms with E-state index in [1.165, 1.54) is 6.20 Å². The number of alkyl halides is 2. The molecule has 0 bridgehead atoms. The first-order valence-electron chi connectivity index (χ1n) is 5.11. The van der Waals surface area contributed by atoms with Crippen molar-refractivity contribution < 1.29 is 18.0 Å². The summed E-state index contributed by atoms with van der Waals surface area (Å²) in [5.74, 6) is -3.08. The van der Waals surface area contributed by atoms with E-state index in [1.807, 2.05) is 0 Å². The lowest BCUT2D eigenvalue weighted by molar-refractivity contribution is -0.0399. The van der Waals surface area contributed by atoms with Crippen molar-refractivity contribution in [2.24, 2.45) is 5.73 Å². The Balaban J connectivity index is 2.05. The maximum Gasteiger partial charge on any atom is 0.286 e.